The SMILES string of the molecule is C.C1=Cc2ccccc2C1.C=C.CC1(C)C2CC(C3C4C=CC(C4)C32)C1(C)C.[2HH]. The Morgan fingerprint density at radius 2 is 1.39 bits per heavy atom. The lowest BCUT2D eigenvalue weighted by Crippen LogP contribution is -2.47. The van der Waals surface area contributed by atoms with Crippen LogP contribution in [0.4, 0.5) is 0 Å². The molecule has 4 bridgehead atoms. The van der Waals surface area contributed by atoms with Crippen LogP contribution in [0, 0.1) is 46.3 Å². The molecule has 0 radical (unpaired) electrons. The zero-order valence-corrected chi connectivity index (χ0v) is 17.6. The van der Waals surface area contributed by atoms with Crippen molar-refractivity contribution in [2.75, 3.05) is 0 Å². The summed E-state index contributed by atoms with van der Waals surface area (Å²) in [6, 6.07) is 8.49. The third kappa shape index (κ3) is 2.78. The summed E-state index contributed by atoms with van der Waals surface area (Å²) >= 11 is 0. The summed E-state index contributed by atoms with van der Waals surface area (Å²) in [5.74, 6) is 6.06. The zero-order chi connectivity index (χ0) is 19.4. The Balaban J connectivity index is 0.000000200. The molecule has 3 fully saturated rings. The highest BCUT2D eigenvalue weighted by molar-refractivity contribution is 5.59. The third-order valence-electron chi connectivity index (χ3n) is 9.23. The third-order valence-corrected chi connectivity index (χ3v) is 9.23. The maximum atomic E-state index is 3.00. The van der Waals surface area contributed by atoms with E-state index in [1.165, 1.54) is 24.0 Å². The van der Waals surface area contributed by atoms with Gasteiger partial charge in [-0.05, 0) is 76.7 Å². The van der Waals surface area contributed by atoms with Gasteiger partial charge in [0.2, 0.25) is 0 Å². The van der Waals surface area contributed by atoms with E-state index < -0.39 is 0 Å². The predicted octanol–water partition coefficient (Wildman–Crippen LogP) is 8.07. The van der Waals surface area contributed by atoms with Gasteiger partial charge in [0.05, 0.1) is 0 Å². The Kier molecular flexibility index (Phi) is 5.56. The van der Waals surface area contributed by atoms with Crippen LogP contribution in [0.3, 0.4) is 0 Å². The molecule has 5 aliphatic rings. The molecule has 0 spiro atoms. The van der Waals surface area contributed by atoms with E-state index in [2.05, 4.69) is 89.4 Å². The summed E-state index contributed by atoms with van der Waals surface area (Å²) in [6.45, 7) is 16.2. The van der Waals surface area contributed by atoms with Crippen molar-refractivity contribution in [3.05, 3.63) is 66.8 Å². The van der Waals surface area contributed by atoms with Crippen LogP contribution in [-0.2, 0) is 6.42 Å². The molecule has 1 aromatic carbocycles. The Bertz CT molecular complexity index is 734. The second-order valence-corrected chi connectivity index (χ2v) is 10.3. The lowest BCUT2D eigenvalue weighted by molar-refractivity contribution is -0.0349. The first-order valence-electron chi connectivity index (χ1n) is 10.8. The van der Waals surface area contributed by atoms with Gasteiger partial charge < -0.3 is 0 Å². The van der Waals surface area contributed by atoms with E-state index >= 15 is 0 Å². The van der Waals surface area contributed by atoms with Crippen LogP contribution >= 0.6 is 0 Å². The molecule has 154 valence electrons. The monoisotopic (exact) mass is 379 g/mol. The van der Waals surface area contributed by atoms with Gasteiger partial charge in [-0.2, -0.15) is 0 Å². The lowest BCUT2D eigenvalue weighted by atomic mass is 9.52. The van der Waals surface area contributed by atoms with E-state index in [0.717, 1.165) is 41.9 Å². The van der Waals surface area contributed by atoms with E-state index in [9.17, 15) is 0 Å². The van der Waals surface area contributed by atoms with Gasteiger partial charge in [-0.3, -0.25) is 0 Å². The van der Waals surface area contributed by atoms with Gasteiger partial charge >= 0.3 is 0 Å². The normalized spacial score (nSPS) is 37.9. The molecule has 6 unspecified atom stereocenters. The van der Waals surface area contributed by atoms with Crippen molar-refractivity contribution in [2.24, 2.45) is 46.3 Å². The smallest absolute Gasteiger partial charge is 0 e. The number of fused-ring (bicyclic) bond motifs is 10. The number of hydrogen-bond donors (Lipinski definition) is 0. The fourth-order valence-electron chi connectivity index (χ4n) is 7.32. The molecule has 6 rings (SSSR count). The molecule has 0 aromatic heterocycles. The molecule has 0 nitrogen and oxygen atoms in total. The molecule has 0 amide bonds. The van der Waals surface area contributed by atoms with Crippen molar-refractivity contribution in [1.29, 1.82) is 0 Å². The molecule has 0 heterocycles. The first kappa shape index (κ1) is 21.2. The van der Waals surface area contributed by atoms with E-state index in [4.69, 9.17) is 0 Å². The average Bonchev–Trinajstić information content (AvgIpc) is 3.45. The topological polar surface area (TPSA) is 0 Å². The first-order chi connectivity index (χ1) is 12.9. The van der Waals surface area contributed by atoms with Crippen molar-refractivity contribution in [1.82, 2.24) is 0 Å². The number of allylic oxidation sites excluding steroid dienone is 3. The summed E-state index contributed by atoms with van der Waals surface area (Å²) in [4.78, 5) is 0. The maximum absolute atomic E-state index is 3.00. The van der Waals surface area contributed by atoms with Crippen LogP contribution in [0.1, 0.15) is 60.5 Å². The minimum absolute atomic E-state index is 0. The van der Waals surface area contributed by atoms with Crippen LogP contribution in [0.5, 0.6) is 0 Å². The van der Waals surface area contributed by atoms with Crippen molar-refractivity contribution in [3.8, 4) is 0 Å². The summed E-state index contributed by atoms with van der Waals surface area (Å²) in [7, 11) is 0. The van der Waals surface area contributed by atoms with E-state index in [1.54, 1.807) is 0 Å². The van der Waals surface area contributed by atoms with Gasteiger partial charge in [0.25, 0.3) is 0 Å². The first-order valence-corrected chi connectivity index (χ1v) is 10.8. The molecule has 0 heteroatoms. The van der Waals surface area contributed by atoms with Gasteiger partial charge in [0.1, 0.15) is 0 Å². The van der Waals surface area contributed by atoms with E-state index in [-0.39, 0.29) is 8.85 Å². The highest BCUT2D eigenvalue weighted by Gasteiger charge is 2.69. The van der Waals surface area contributed by atoms with Crippen LogP contribution in [0.15, 0.2) is 55.7 Å². The van der Waals surface area contributed by atoms with Crippen molar-refractivity contribution < 1.29 is 1.43 Å². The van der Waals surface area contributed by atoms with Crippen molar-refractivity contribution in [3.63, 3.8) is 0 Å². The van der Waals surface area contributed by atoms with Crippen LogP contribution in [0.2, 0.25) is 0 Å². The number of rotatable bonds is 0. The Labute approximate surface area is 175 Å². The summed E-state index contributed by atoms with van der Waals surface area (Å²) < 4.78 is 0. The molecule has 1 aromatic rings. The summed E-state index contributed by atoms with van der Waals surface area (Å²) in [5, 5.41) is 0. The van der Waals surface area contributed by atoms with Crippen LogP contribution in [-0.4, -0.2) is 0 Å². The summed E-state index contributed by atoms with van der Waals surface area (Å²) in [6.07, 6.45) is 13.6. The molecule has 0 saturated heterocycles. The number of benzene rings is 1. The highest BCUT2D eigenvalue weighted by Crippen LogP contribution is 2.75. The van der Waals surface area contributed by atoms with E-state index in [0.29, 0.717) is 10.8 Å². The quantitative estimate of drug-likeness (QED) is 0.316. The van der Waals surface area contributed by atoms with Crippen LogP contribution in [0.25, 0.3) is 6.08 Å². The predicted molar refractivity (Wildman–Crippen MR) is 126 cm³/mol. The fraction of sp³-hybridized carbons (Fsp3) is 0.571. The van der Waals surface area contributed by atoms with Crippen molar-refractivity contribution in [2.45, 2.75) is 54.4 Å². The lowest BCUT2D eigenvalue weighted by Gasteiger charge is -2.52. The second kappa shape index (κ2) is 7.36. The van der Waals surface area contributed by atoms with Crippen LogP contribution < -0.4 is 0 Å². The minimum Gasteiger partial charge on any atom is -0.106 e. The standard InChI is InChI=1S/C16H24.C9H8.C2H4.CH4.H2/c1-15(2)11-8-12(16(15,3)4)14-10-6-5-9(7-10)13(11)14;1-2-5-9-7-3-6-8(9)4-1;1-2;;/h5-6,9-14H,7-8H2,1-4H3;1-6H,7H2;1-2H2;1H4;1H/i;;;;1+1. The molecular formula is C28H42. The largest absolute Gasteiger partial charge is 0.106 e. The highest BCUT2D eigenvalue weighted by atomic mass is 14.7. The van der Waals surface area contributed by atoms with E-state index in [1.807, 2.05) is 0 Å². The molecule has 0 N–H and O–H groups in total. The molecule has 0 aliphatic heterocycles. The average molecular weight is 380 g/mol. The minimum atomic E-state index is 0. The molecule has 28 heavy (non-hydrogen) atoms. The Morgan fingerprint density at radius 1 is 0.857 bits per heavy atom. The molecule has 5 aliphatic carbocycles. The van der Waals surface area contributed by atoms with Gasteiger partial charge in [0.15, 0.2) is 0 Å². The maximum Gasteiger partial charge on any atom is 0 e. The fourth-order valence-corrected chi connectivity index (χ4v) is 7.32. The molecule has 6 atom stereocenters. The van der Waals surface area contributed by atoms with Gasteiger partial charge in [0, 0.05) is 1.43 Å². The molecule has 3 saturated carbocycles. The second-order valence-electron chi connectivity index (χ2n) is 10.3. The van der Waals surface area contributed by atoms with Gasteiger partial charge in [-0.15, -0.1) is 13.2 Å². The van der Waals surface area contributed by atoms with Gasteiger partial charge in [-0.1, -0.05) is 83.7 Å². The van der Waals surface area contributed by atoms with Gasteiger partial charge in [-0.25, -0.2) is 0 Å². The number of hydrogen-bond acceptors (Lipinski definition) is 0. The Morgan fingerprint density at radius 3 is 1.93 bits per heavy atom. The molecular weight excluding hydrogens is 336 g/mol. The Hall–Kier alpha value is -1.56. The van der Waals surface area contributed by atoms with Crippen molar-refractivity contribution >= 4 is 6.08 Å². The zero-order valence-electron chi connectivity index (χ0n) is 17.6. The summed E-state index contributed by atoms with van der Waals surface area (Å²) in [5.41, 5.74) is 3.98.